The normalized spacial score (nSPS) is 10.8. The van der Waals surface area contributed by atoms with Gasteiger partial charge in [0, 0.05) is 24.6 Å². The van der Waals surface area contributed by atoms with Crippen molar-refractivity contribution >= 4 is 21.6 Å². The largest absolute Gasteiger partial charge is 0.374 e. The lowest BCUT2D eigenvalue weighted by Gasteiger charge is -2.21. The summed E-state index contributed by atoms with van der Waals surface area (Å²) < 4.78 is 0. The van der Waals surface area contributed by atoms with Crippen molar-refractivity contribution < 1.29 is 0 Å². The molecule has 0 amide bonds. The van der Waals surface area contributed by atoms with Gasteiger partial charge < -0.3 is 4.90 Å². The van der Waals surface area contributed by atoms with E-state index in [1.807, 2.05) is 0 Å². The van der Waals surface area contributed by atoms with Gasteiger partial charge in [0.2, 0.25) is 0 Å². The molecule has 0 aliphatic rings. The smallest absolute Gasteiger partial charge is 0.0393 e. The maximum absolute atomic E-state index is 3.49. The Morgan fingerprint density at radius 1 is 0.900 bits per heavy atom. The van der Waals surface area contributed by atoms with Crippen molar-refractivity contribution in [2.45, 2.75) is 58.8 Å². The third-order valence-electron chi connectivity index (χ3n) is 3.89. The summed E-state index contributed by atoms with van der Waals surface area (Å²) in [5.41, 5.74) is 4.12. The molecular weight excluding hydrogens is 310 g/mol. The average molecular weight is 340 g/mol. The van der Waals surface area contributed by atoms with Crippen molar-refractivity contribution in [2.24, 2.45) is 0 Å². The van der Waals surface area contributed by atoms with E-state index in [1.165, 1.54) is 68.3 Å². The Balaban J connectivity index is 2.15. The van der Waals surface area contributed by atoms with Crippen LogP contribution in [0.25, 0.3) is 0 Å². The number of aryl methyl sites for hydroxylation is 2. The van der Waals surface area contributed by atoms with E-state index in [-0.39, 0.29) is 0 Å². The van der Waals surface area contributed by atoms with Crippen LogP contribution in [0.2, 0.25) is 0 Å². The molecule has 0 unspecified atom stereocenters. The molecule has 2 heteroatoms. The number of hydrogen-bond donors (Lipinski definition) is 0. The maximum atomic E-state index is 3.49. The van der Waals surface area contributed by atoms with E-state index in [0.717, 1.165) is 5.33 Å². The standard InChI is InChI=1S/C18H30BrN/c1-16-11-12-18(17(2)15-16)20(3)14-10-8-6-4-5-7-9-13-19/h11-12,15H,4-10,13-14H2,1-3H3. The number of benzene rings is 1. The lowest BCUT2D eigenvalue weighted by Crippen LogP contribution is -2.19. The summed E-state index contributed by atoms with van der Waals surface area (Å²) in [6.07, 6.45) is 9.58. The average Bonchev–Trinajstić information content (AvgIpc) is 2.41. The van der Waals surface area contributed by atoms with Crippen LogP contribution in [0.15, 0.2) is 18.2 Å². The van der Waals surface area contributed by atoms with E-state index in [9.17, 15) is 0 Å². The maximum Gasteiger partial charge on any atom is 0.0393 e. The van der Waals surface area contributed by atoms with Crippen LogP contribution in [-0.2, 0) is 0 Å². The molecular formula is C18H30BrN. The minimum atomic E-state index is 1.16. The fourth-order valence-electron chi connectivity index (χ4n) is 2.68. The molecule has 0 spiro atoms. The molecule has 1 aromatic rings. The van der Waals surface area contributed by atoms with Gasteiger partial charge in [-0.25, -0.2) is 0 Å². The first-order valence-electron chi connectivity index (χ1n) is 7.99. The van der Waals surface area contributed by atoms with Gasteiger partial charge in [0.1, 0.15) is 0 Å². The predicted octanol–water partition coefficient (Wildman–Crippen LogP) is 5.87. The number of nitrogens with zero attached hydrogens (tertiary/aromatic N) is 1. The van der Waals surface area contributed by atoms with Crippen molar-refractivity contribution in [1.29, 1.82) is 0 Å². The summed E-state index contributed by atoms with van der Waals surface area (Å²) in [5, 5.41) is 1.16. The van der Waals surface area contributed by atoms with Crippen LogP contribution in [0.5, 0.6) is 0 Å². The van der Waals surface area contributed by atoms with Crippen LogP contribution >= 0.6 is 15.9 Å². The highest BCUT2D eigenvalue weighted by atomic mass is 79.9. The fourth-order valence-corrected chi connectivity index (χ4v) is 3.08. The molecule has 0 radical (unpaired) electrons. The monoisotopic (exact) mass is 339 g/mol. The summed E-state index contributed by atoms with van der Waals surface area (Å²) in [6.45, 7) is 5.54. The highest BCUT2D eigenvalue weighted by Crippen LogP contribution is 2.20. The Hall–Kier alpha value is -0.500. The van der Waals surface area contributed by atoms with Gasteiger partial charge in [0.25, 0.3) is 0 Å². The lowest BCUT2D eigenvalue weighted by atomic mass is 10.1. The molecule has 0 N–H and O–H groups in total. The summed E-state index contributed by atoms with van der Waals surface area (Å²) in [4.78, 5) is 2.40. The Kier molecular flexibility index (Phi) is 9.00. The third-order valence-corrected chi connectivity index (χ3v) is 4.45. The number of unbranched alkanes of at least 4 members (excludes halogenated alkanes) is 6. The molecule has 0 atom stereocenters. The number of halogens is 1. The van der Waals surface area contributed by atoms with Gasteiger partial charge in [0.15, 0.2) is 0 Å². The van der Waals surface area contributed by atoms with Gasteiger partial charge in [0.05, 0.1) is 0 Å². The molecule has 0 heterocycles. The van der Waals surface area contributed by atoms with E-state index >= 15 is 0 Å². The van der Waals surface area contributed by atoms with Crippen molar-refractivity contribution in [3.63, 3.8) is 0 Å². The summed E-state index contributed by atoms with van der Waals surface area (Å²) in [7, 11) is 2.22. The second-order valence-electron chi connectivity index (χ2n) is 5.88. The molecule has 1 rings (SSSR count). The second-order valence-corrected chi connectivity index (χ2v) is 6.67. The van der Waals surface area contributed by atoms with Crippen LogP contribution in [0.3, 0.4) is 0 Å². The van der Waals surface area contributed by atoms with Gasteiger partial charge in [-0.05, 0) is 38.3 Å². The van der Waals surface area contributed by atoms with Crippen LogP contribution in [-0.4, -0.2) is 18.9 Å². The topological polar surface area (TPSA) is 3.24 Å². The van der Waals surface area contributed by atoms with Crippen molar-refractivity contribution in [3.05, 3.63) is 29.3 Å². The van der Waals surface area contributed by atoms with Gasteiger partial charge in [-0.3, -0.25) is 0 Å². The zero-order valence-electron chi connectivity index (χ0n) is 13.4. The third kappa shape index (κ3) is 6.78. The molecule has 0 saturated heterocycles. The fraction of sp³-hybridized carbons (Fsp3) is 0.667. The molecule has 20 heavy (non-hydrogen) atoms. The Bertz CT molecular complexity index is 376. The zero-order chi connectivity index (χ0) is 14.8. The number of alkyl halides is 1. The Labute approximate surface area is 133 Å². The van der Waals surface area contributed by atoms with Crippen molar-refractivity contribution in [3.8, 4) is 0 Å². The summed E-state index contributed by atoms with van der Waals surface area (Å²) in [6, 6.07) is 6.74. The quantitative estimate of drug-likeness (QED) is 0.380. The van der Waals surface area contributed by atoms with Crippen molar-refractivity contribution in [1.82, 2.24) is 0 Å². The van der Waals surface area contributed by atoms with Crippen LogP contribution in [0.1, 0.15) is 56.1 Å². The van der Waals surface area contributed by atoms with Gasteiger partial charge in [-0.1, -0.05) is 65.7 Å². The van der Waals surface area contributed by atoms with E-state index in [2.05, 4.69) is 59.9 Å². The van der Waals surface area contributed by atoms with E-state index < -0.39 is 0 Å². The number of hydrogen-bond acceptors (Lipinski definition) is 1. The summed E-state index contributed by atoms with van der Waals surface area (Å²) in [5.74, 6) is 0. The van der Waals surface area contributed by atoms with E-state index in [4.69, 9.17) is 0 Å². The van der Waals surface area contributed by atoms with Crippen LogP contribution in [0, 0.1) is 13.8 Å². The van der Waals surface area contributed by atoms with Gasteiger partial charge in [-0.15, -0.1) is 0 Å². The first-order chi connectivity index (χ1) is 9.65. The van der Waals surface area contributed by atoms with E-state index in [1.54, 1.807) is 0 Å². The Morgan fingerprint density at radius 3 is 2.10 bits per heavy atom. The molecule has 0 saturated carbocycles. The highest BCUT2D eigenvalue weighted by molar-refractivity contribution is 9.09. The van der Waals surface area contributed by atoms with Crippen LogP contribution in [0.4, 0.5) is 5.69 Å². The Morgan fingerprint density at radius 2 is 1.50 bits per heavy atom. The second kappa shape index (κ2) is 10.3. The van der Waals surface area contributed by atoms with E-state index in [0.29, 0.717) is 0 Å². The SMILES string of the molecule is Cc1ccc(N(C)CCCCCCCCCBr)c(C)c1. The molecule has 114 valence electrons. The zero-order valence-corrected chi connectivity index (χ0v) is 15.0. The molecule has 0 aromatic heterocycles. The number of anilines is 1. The molecule has 0 fully saturated rings. The number of rotatable bonds is 10. The molecule has 1 nitrogen and oxygen atoms in total. The predicted molar refractivity (Wildman–Crippen MR) is 95.3 cm³/mol. The van der Waals surface area contributed by atoms with Gasteiger partial charge >= 0.3 is 0 Å². The minimum Gasteiger partial charge on any atom is -0.374 e. The van der Waals surface area contributed by atoms with Crippen LogP contribution < -0.4 is 4.90 Å². The first kappa shape index (κ1) is 17.6. The molecule has 0 aliphatic heterocycles. The minimum absolute atomic E-state index is 1.16. The molecule has 0 bridgehead atoms. The highest BCUT2D eigenvalue weighted by Gasteiger charge is 2.04. The molecule has 1 aromatic carbocycles. The lowest BCUT2D eigenvalue weighted by molar-refractivity contribution is 0.590. The molecule has 0 aliphatic carbocycles. The van der Waals surface area contributed by atoms with Gasteiger partial charge in [-0.2, -0.15) is 0 Å². The van der Waals surface area contributed by atoms with Crippen molar-refractivity contribution in [2.75, 3.05) is 23.8 Å². The first-order valence-corrected chi connectivity index (χ1v) is 9.11. The summed E-state index contributed by atoms with van der Waals surface area (Å²) >= 11 is 3.49.